The van der Waals surface area contributed by atoms with Gasteiger partial charge in [0.2, 0.25) is 17.7 Å². The molecular formula is C21H37N7O5S. The molecule has 13 heteroatoms. The fourth-order valence-electron chi connectivity index (χ4n) is 3.21. The molecule has 0 aliphatic carbocycles. The van der Waals surface area contributed by atoms with E-state index in [1.807, 2.05) is 13.8 Å². The van der Waals surface area contributed by atoms with Crippen LogP contribution in [-0.2, 0) is 25.6 Å². The molecule has 12 nitrogen and oxygen atoms in total. The number of carboxylic acid groups (broad SMARTS) is 1. The third kappa shape index (κ3) is 10.5. The van der Waals surface area contributed by atoms with E-state index in [-0.39, 0.29) is 24.5 Å². The molecule has 0 aromatic carbocycles. The molecule has 0 aliphatic heterocycles. The first-order chi connectivity index (χ1) is 16.1. The summed E-state index contributed by atoms with van der Waals surface area (Å²) in [5.74, 6) is -2.89. The third-order valence-electron chi connectivity index (χ3n) is 5.05. The van der Waals surface area contributed by atoms with E-state index in [4.69, 9.17) is 11.5 Å². The molecule has 0 fully saturated rings. The summed E-state index contributed by atoms with van der Waals surface area (Å²) in [6.07, 6.45) is 4.84. The highest BCUT2D eigenvalue weighted by Crippen LogP contribution is 2.06. The minimum Gasteiger partial charge on any atom is -0.480 e. The van der Waals surface area contributed by atoms with Gasteiger partial charge in [-0.2, -0.15) is 12.6 Å². The van der Waals surface area contributed by atoms with Crippen LogP contribution in [0.4, 0.5) is 0 Å². The Balaban J connectivity index is 2.88. The molecule has 1 rings (SSSR count). The lowest BCUT2D eigenvalue weighted by Gasteiger charge is -2.24. The maximum atomic E-state index is 13.0. The van der Waals surface area contributed by atoms with Crippen molar-refractivity contribution in [2.45, 2.75) is 70.1 Å². The number of carbonyl (C=O) groups excluding carboxylic acids is 3. The van der Waals surface area contributed by atoms with Crippen LogP contribution in [0.15, 0.2) is 12.5 Å². The van der Waals surface area contributed by atoms with Gasteiger partial charge in [-0.05, 0) is 38.1 Å². The van der Waals surface area contributed by atoms with Gasteiger partial charge in [-0.3, -0.25) is 14.4 Å². The number of hydrogen-bond donors (Lipinski definition) is 8. The van der Waals surface area contributed by atoms with Crippen LogP contribution in [0, 0.1) is 5.92 Å². The normalized spacial score (nSPS) is 14.6. The molecule has 4 atom stereocenters. The van der Waals surface area contributed by atoms with Crippen molar-refractivity contribution in [3.63, 3.8) is 0 Å². The number of nitrogens with two attached hydrogens (primary N) is 2. The Morgan fingerprint density at radius 3 is 2.21 bits per heavy atom. The predicted molar refractivity (Wildman–Crippen MR) is 130 cm³/mol. The molecule has 0 spiro atoms. The maximum Gasteiger partial charge on any atom is 0.326 e. The molecular weight excluding hydrogens is 462 g/mol. The summed E-state index contributed by atoms with van der Waals surface area (Å²) in [6, 6.07) is -4.07. The van der Waals surface area contributed by atoms with Crippen LogP contribution in [0.2, 0.25) is 0 Å². The van der Waals surface area contributed by atoms with E-state index in [0.29, 0.717) is 31.5 Å². The van der Waals surface area contributed by atoms with Gasteiger partial charge in [0.25, 0.3) is 0 Å². The number of imidazole rings is 1. The molecule has 1 heterocycles. The second kappa shape index (κ2) is 15.3. The Kier molecular flexibility index (Phi) is 13.2. The van der Waals surface area contributed by atoms with Crippen molar-refractivity contribution < 1.29 is 24.3 Å². The number of rotatable bonds is 16. The molecule has 34 heavy (non-hydrogen) atoms. The maximum absolute atomic E-state index is 13.0. The smallest absolute Gasteiger partial charge is 0.326 e. The number of H-pyrrole nitrogens is 1. The second-order valence-corrected chi connectivity index (χ2v) is 8.87. The molecule has 0 radical (unpaired) electrons. The average Bonchev–Trinajstić information content (AvgIpc) is 3.28. The first-order valence-electron chi connectivity index (χ1n) is 11.3. The van der Waals surface area contributed by atoms with Crippen LogP contribution in [-0.4, -0.2) is 75.2 Å². The van der Waals surface area contributed by atoms with Gasteiger partial charge in [0.1, 0.15) is 18.1 Å². The highest BCUT2D eigenvalue weighted by molar-refractivity contribution is 7.80. The number of aromatic amines is 1. The molecule has 3 amide bonds. The van der Waals surface area contributed by atoms with Crippen molar-refractivity contribution in [3.05, 3.63) is 18.2 Å². The van der Waals surface area contributed by atoms with E-state index in [0.717, 1.165) is 0 Å². The summed E-state index contributed by atoms with van der Waals surface area (Å²) in [5, 5.41) is 17.0. The van der Waals surface area contributed by atoms with Gasteiger partial charge in [-0.15, -0.1) is 0 Å². The van der Waals surface area contributed by atoms with Gasteiger partial charge >= 0.3 is 5.97 Å². The molecule has 1 aromatic rings. The van der Waals surface area contributed by atoms with Gasteiger partial charge in [-0.1, -0.05) is 13.8 Å². The van der Waals surface area contributed by atoms with Crippen molar-refractivity contribution in [1.29, 1.82) is 0 Å². The van der Waals surface area contributed by atoms with Crippen LogP contribution in [0.1, 0.15) is 45.2 Å². The van der Waals surface area contributed by atoms with Gasteiger partial charge in [0.05, 0.1) is 12.4 Å². The van der Waals surface area contributed by atoms with E-state index >= 15 is 0 Å². The first-order valence-corrected chi connectivity index (χ1v) is 11.9. The van der Waals surface area contributed by atoms with Crippen LogP contribution < -0.4 is 27.4 Å². The Hall–Kier alpha value is -2.64. The van der Waals surface area contributed by atoms with Gasteiger partial charge in [-0.25, -0.2) is 9.78 Å². The predicted octanol–water partition coefficient (Wildman–Crippen LogP) is -1.08. The van der Waals surface area contributed by atoms with Crippen molar-refractivity contribution in [3.8, 4) is 0 Å². The Morgan fingerprint density at radius 2 is 1.68 bits per heavy atom. The lowest BCUT2D eigenvalue weighted by molar-refractivity contribution is -0.142. The number of nitrogens with one attached hydrogen (secondary N) is 4. The highest BCUT2D eigenvalue weighted by atomic mass is 32.1. The van der Waals surface area contributed by atoms with E-state index in [1.165, 1.54) is 12.5 Å². The van der Waals surface area contributed by atoms with E-state index in [2.05, 4.69) is 38.5 Å². The lowest BCUT2D eigenvalue weighted by Crippen LogP contribution is -2.58. The first kappa shape index (κ1) is 29.4. The molecule has 192 valence electrons. The molecule has 9 N–H and O–H groups in total. The van der Waals surface area contributed by atoms with Gasteiger partial charge in [0.15, 0.2) is 0 Å². The second-order valence-electron chi connectivity index (χ2n) is 8.51. The summed E-state index contributed by atoms with van der Waals surface area (Å²) in [4.78, 5) is 56.5. The van der Waals surface area contributed by atoms with Crippen LogP contribution in [0.5, 0.6) is 0 Å². The number of nitrogens with zero attached hydrogens (tertiary/aromatic N) is 1. The zero-order valence-electron chi connectivity index (χ0n) is 19.6. The fraction of sp³-hybridized carbons (Fsp3) is 0.667. The van der Waals surface area contributed by atoms with E-state index in [9.17, 15) is 24.3 Å². The summed E-state index contributed by atoms with van der Waals surface area (Å²) in [6.45, 7) is 4.27. The molecule has 0 aliphatic rings. The van der Waals surface area contributed by atoms with Crippen LogP contribution in [0.25, 0.3) is 0 Å². The topological polar surface area (TPSA) is 205 Å². The van der Waals surface area contributed by atoms with Gasteiger partial charge in [0, 0.05) is 24.1 Å². The number of hydrogen-bond acceptors (Lipinski definition) is 8. The van der Waals surface area contributed by atoms with Crippen molar-refractivity contribution >= 4 is 36.3 Å². The third-order valence-corrected chi connectivity index (χ3v) is 5.42. The highest BCUT2D eigenvalue weighted by Gasteiger charge is 2.30. The summed E-state index contributed by atoms with van der Waals surface area (Å²) >= 11 is 4.12. The van der Waals surface area contributed by atoms with E-state index in [1.54, 1.807) is 0 Å². The lowest BCUT2D eigenvalue weighted by atomic mass is 10.0. The quantitative estimate of drug-likeness (QED) is 0.103. The fourth-order valence-corrected chi connectivity index (χ4v) is 3.47. The molecule has 0 saturated heterocycles. The largest absolute Gasteiger partial charge is 0.480 e. The number of unbranched alkanes of at least 4 members (excludes halogenated alkanes) is 1. The average molecular weight is 500 g/mol. The summed E-state index contributed by atoms with van der Waals surface area (Å²) < 4.78 is 0. The SMILES string of the molecule is CC(C)CC(N)C(=O)NC(Cc1cnc[nH]1)C(=O)NC(CS)C(=O)NC(CCCCN)C(=O)O. The molecule has 0 saturated carbocycles. The molecule has 0 bridgehead atoms. The van der Waals surface area contributed by atoms with Crippen LogP contribution >= 0.6 is 12.6 Å². The van der Waals surface area contributed by atoms with Crippen molar-refractivity contribution in [1.82, 2.24) is 25.9 Å². The number of carboxylic acids is 1. The number of carbonyl (C=O) groups is 4. The standard InChI is InChI=1S/C21H37N7O5S/c1-12(2)7-14(23)18(29)27-16(8-13-9-24-11-25-13)19(30)28-17(10-34)20(31)26-15(21(32)33)5-3-4-6-22/h9,11-12,14-17,34H,3-8,10,22-23H2,1-2H3,(H,24,25)(H,26,31)(H,27,29)(H,28,30)(H,32,33). The molecule has 1 aromatic heterocycles. The minimum absolute atomic E-state index is 0.0791. The summed E-state index contributed by atoms with van der Waals surface area (Å²) in [7, 11) is 0. The Labute approximate surface area is 204 Å². The van der Waals surface area contributed by atoms with Crippen molar-refractivity contribution in [2.24, 2.45) is 17.4 Å². The van der Waals surface area contributed by atoms with Gasteiger partial charge < -0.3 is 37.5 Å². The Bertz CT molecular complexity index is 790. The zero-order chi connectivity index (χ0) is 25.7. The Morgan fingerprint density at radius 1 is 1.06 bits per heavy atom. The minimum atomic E-state index is -1.18. The van der Waals surface area contributed by atoms with Crippen molar-refractivity contribution in [2.75, 3.05) is 12.3 Å². The monoisotopic (exact) mass is 499 g/mol. The number of aromatic nitrogens is 2. The number of amides is 3. The number of thiol groups is 1. The zero-order valence-corrected chi connectivity index (χ0v) is 20.5. The van der Waals surface area contributed by atoms with E-state index < -0.39 is 47.9 Å². The number of aliphatic carboxylic acids is 1. The molecule has 4 unspecified atom stereocenters. The summed E-state index contributed by atoms with van der Waals surface area (Å²) in [5.41, 5.74) is 12.0. The van der Waals surface area contributed by atoms with Crippen LogP contribution in [0.3, 0.4) is 0 Å².